The molecule has 27 heavy (non-hydrogen) atoms. The number of aromatic nitrogens is 1. The molecule has 2 aromatic rings. The smallest absolute Gasteiger partial charge is 0.165 e. The number of ketones is 1. The minimum atomic E-state index is 0. The fourth-order valence-corrected chi connectivity index (χ4v) is 3.49. The Morgan fingerprint density at radius 2 is 1.67 bits per heavy atom. The van der Waals surface area contributed by atoms with Gasteiger partial charge in [-0.3, -0.25) is 9.69 Å². The second-order valence-electron chi connectivity index (χ2n) is 6.81. The van der Waals surface area contributed by atoms with Crippen molar-refractivity contribution < 1.29 is 4.79 Å². The fourth-order valence-electron chi connectivity index (χ4n) is 3.49. The maximum atomic E-state index is 11.7. The van der Waals surface area contributed by atoms with Gasteiger partial charge in [-0.05, 0) is 29.7 Å². The van der Waals surface area contributed by atoms with Gasteiger partial charge in [0.1, 0.15) is 5.82 Å². The number of halogens is 2. The average molecular weight is 409 g/mol. The van der Waals surface area contributed by atoms with E-state index < -0.39 is 0 Å². The Labute approximate surface area is 172 Å². The minimum absolute atomic E-state index is 0. The number of piperazine rings is 1. The van der Waals surface area contributed by atoms with Crippen LogP contribution in [-0.2, 0) is 19.5 Å². The van der Waals surface area contributed by atoms with Crippen LogP contribution in [0.2, 0.25) is 0 Å². The highest BCUT2D eigenvalue weighted by Crippen LogP contribution is 2.22. The number of hydrogen-bond acceptors (Lipinski definition) is 5. The van der Waals surface area contributed by atoms with Crippen molar-refractivity contribution in [3.63, 3.8) is 0 Å². The Morgan fingerprint density at radius 3 is 2.41 bits per heavy atom. The predicted molar refractivity (Wildman–Crippen MR) is 113 cm³/mol. The van der Waals surface area contributed by atoms with Crippen molar-refractivity contribution in [1.29, 1.82) is 0 Å². The molecular formula is C20H26Cl2N4O. The standard InChI is InChI=1S/C20H24N4O.2ClH/c25-19-7-6-18-17(19)5-8-20(23-18)22-13-15-1-3-16(4-2-15)14-24-11-9-21-10-12-24;;/h1-5,8,21H,6-7,9-14H2,(H,22,23);2*1H. The minimum Gasteiger partial charge on any atom is -0.366 e. The second-order valence-corrected chi connectivity index (χ2v) is 6.81. The van der Waals surface area contributed by atoms with Gasteiger partial charge in [0.2, 0.25) is 0 Å². The van der Waals surface area contributed by atoms with Crippen LogP contribution in [0, 0.1) is 0 Å². The van der Waals surface area contributed by atoms with Gasteiger partial charge in [0.25, 0.3) is 0 Å². The molecule has 1 saturated heterocycles. The normalized spacial score (nSPS) is 16.2. The molecule has 2 aliphatic rings. The molecule has 1 aromatic heterocycles. The summed E-state index contributed by atoms with van der Waals surface area (Å²) >= 11 is 0. The van der Waals surface area contributed by atoms with Crippen LogP contribution in [0.3, 0.4) is 0 Å². The molecule has 2 heterocycles. The van der Waals surface area contributed by atoms with Gasteiger partial charge >= 0.3 is 0 Å². The summed E-state index contributed by atoms with van der Waals surface area (Å²) in [4.78, 5) is 18.7. The lowest BCUT2D eigenvalue weighted by atomic mass is 10.1. The first kappa shape index (κ1) is 21.6. The van der Waals surface area contributed by atoms with Crippen molar-refractivity contribution in [2.45, 2.75) is 25.9 Å². The van der Waals surface area contributed by atoms with Gasteiger partial charge in [-0.1, -0.05) is 24.3 Å². The number of benzene rings is 1. The summed E-state index contributed by atoms with van der Waals surface area (Å²) in [5, 5.41) is 6.75. The Balaban J connectivity index is 0.00000131. The highest BCUT2D eigenvalue weighted by Gasteiger charge is 2.20. The van der Waals surface area contributed by atoms with Crippen LogP contribution >= 0.6 is 24.8 Å². The molecule has 0 saturated carbocycles. The van der Waals surface area contributed by atoms with Crippen molar-refractivity contribution in [1.82, 2.24) is 15.2 Å². The number of nitrogens with zero attached hydrogens (tertiary/aromatic N) is 2. The summed E-state index contributed by atoms with van der Waals surface area (Å²) in [5.41, 5.74) is 4.33. The molecule has 4 rings (SSSR count). The molecule has 146 valence electrons. The predicted octanol–water partition coefficient (Wildman–Crippen LogP) is 3.07. The summed E-state index contributed by atoms with van der Waals surface area (Å²) in [5.74, 6) is 1.06. The highest BCUT2D eigenvalue weighted by molar-refractivity contribution is 6.00. The molecular weight excluding hydrogens is 383 g/mol. The van der Waals surface area contributed by atoms with Crippen LogP contribution in [0.5, 0.6) is 0 Å². The van der Waals surface area contributed by atoms with Gasteiger partial charge in [-0.2, -0.15) is 0 Å². The number of anilines is 1. The molecule has 0 bridgehead atoms. The van der Waals surface area contributed by atoms with E-state index in [2.05, 4.69) is 44.8 Å². The number of pyridine rings is 1. The van der Waals surface area contributed by atoms with Crippen LogP contribution in [0.4, 0.5) is 5.82 Å². The first-order chi connectivity index (χ1) is 12.3. The largest absolute Gasteiger partial charge is 0.366 e. The monoisotopic (exact) mass is 408 g/mol. The van der Waals surface area contributed by atoms with E-state index in [4.69, 9.17) is 0 Å². The van der Waals surface area contributed by atoms with Crippen molar-refractivity contribution in [3.8, 4) is 0 Å². The maximum absolute atomic E-state index is 11.7. The summed E-state index contributed by atoms with van der Waals surface area (Å²) in [6.07, 6.45) is 1.37. The topological polar surface area (TPSA) is 57.3 Å². The van der Waals surface area contributed by atoms with E-state index in [1.54, 1.807) is 0 Å². The Hall–Kier alpha value is -1.66. The number of carbonyl (C=O) groups excluding carboxylic acids is 1. The zero-order chi connectivity index (χ0) is 17.1. The van der Waals surface area contributed by atoms with Crippen LogP contribution in [-0.4, -0.2) is 41.8 Å². The Morgan fingerprint density at radius 1 is 0.963 bits per heavy atom. The third kappa shape index (κ3) is 5.42. The van der Waals surface area contributed by atoms with Crippen LogP contribution < -0.4 is 10.6 Å². The van der Waals surface area contributed by atoms with E-state index in [-0.39, 0.29) is 30.6 Å². The highest BCUT2D eigenvalue weighted by atomic mass is 35.5. The van der Waals surface area contributed by atoms with Crippen molar-refractivity contribution in [2.24, 2.45) is 0 Å². The number of Topliss-reactive ketones (excluding diaryl/α,β-unsaturated/α-hetero) is 1. The molecule has 5 nitrogen and oxygen atoms in total. The number of aryl methyl sites for hydroxylation is 1. The molecule has 0 radical (unpaired) electrons. The lowest BCUT2D eigenvalue weighted by Crippen LogP contribution is -2.42. The van der Waals surface area contributed by atoms with Crippen LogP contribution in [0.1, 0.15) is 33.6 Å². The molecule has 0 unspecified atom stereocenters. The molecule has 1 aromatic carbocycles. The van der Waals surface area contributed by atoms with E-state index in [1.807, 2.05) is 12.1 Å². The molecule has 1 aliphatic heterocycles. The zero-order valence-electron chi connectivity index (χ0n) is 15.2. The van der Waals surface area contributed by atoms with E-state index in [1.165, 1.54) is 11.1 Å². The Bertz CT molecular complexity index is 761. The van der Waals surface area contributed by atoms with Gasteiger partial charge < -0.3 is 10.6 Å². The first-order valence-electron chi connectivity index (χ1n) is 9.06. The van der Waals surface area contributed by atoms with Crippen molar-refractivity contribution in [2.75, 3.05) is 31.5 Å². The van der Waals surface area contributed by atoms with E-state index in [0.717, 1.165) is 62.8 Å². The summed E-state index contributed by atoms with van der Waals surface area (Å²) in [6.45, 7) is 6.18. The van der Waals surface area contributed by atoms with Gasteiger partial charge in [0, 0.05) is 51.3 Å². The molecule has 1 fully saturated rings. The number of nitrogens with one attached hydrogen (secondary N) is 2. The van der Waals surface area contributed by atoms with Crippen LogP contribution in [0.15, 0.2) is 36.4 Å². The molecule has 1 aliphatic carbocycles. The lowest BCUT2D eigenvalue weighted by Gasteiger charge is -2.27. The molecule has 0 amide bonds. The summed E-state index contributed by atoms with van der Waals surface area (Å²) in [6, 6.07) is 12.6. The molecule has 0 atom stereocenters. The molecule has 7 heteroatoms. The van der Waals surface area contributed by atoms with Crippen molar-refractivity contribution >= 4 is 36.4 Å². The summed E-state index contributed by atoms with van der Waals surface area (Å²) in [7, 11) is 0. The van der Waals surface area contributed by atoms with Crippen molar-refractivity contribution in [3.05, 3.63) is 58.8 Å². The van der Waals surface area contributed by atoms with E-state index in [9.17, 15) is 4.79 Å². The molecule has 2 N–H and O–H groups in total. The SMILES string of the molecule is Cl.Cl.O=C1CCc2nc(NCc3ccc(CN4CCNCC4)cc3)ccc21. The Kier molecular flexibility index (Phi) is 8.05. The summed E-state index contributed by atoms with van der Waals surface area (Å²) < 4.78 is 0. The van der Waals surface area contributed by atoms with Gasteiger partial charge in [-0.15, -0.1) is 24.8 Å². The van der Waals surface area contributed by atoms with Gasteiger partial charge in [-0.25, -0.2) is 4.98 Å². The second kappa shape index (κ2) is 10.0. The van der Waals surface area contributed by atoms with E-state index >= 15 is 0 Å². The number of carbonyl (C=O) groups is 1. The number of fused-ring (bicyclic) bond motifs is 1. The molecule has 0 spiro atoms. The lowest BCUT2D eigenvalue weighted by molar-refractivity contribution is 0.0994. The average Bonchev–Trinajstić information content (AvgIpc) is 3.02. The third-order valence-electron chi connectivity index (χ3n) is 4.98. The van der Waals surface area contributed by atoms with E-state index in [0.29, 0.717) is 6.42 Å². The van der Waals surface area contributed by atoms with Crippen LogP contribution in [0.25, 0.3) is 0 Å². The third-order valence-corrected chi connectivity index (χ3v) is 4.98. The fraction of sp³-hybridized carbons (Fsp3) is 0.400. The number of hydrogen-bond donors (Lipinski definition) is 2. The first-order valence-corrected chi connectivity index (χ1v) is 9.06. The van der Waals surface area contributed by atoms with Gasteiger partial charge in [0.15, 0.2) is 5.78 Å². The quantitative estimate of drug-likeness (QED) is 0.795. The van der Waals surface area contributed by atoms with Gasteiger partial charge in [0.05, 0.1) is 5.69 Å². The maximum Gasteiger partial charge on any atom is 0.165 e. The number of rotatable bonds is 5. The zero-order valence-corrected chi connectivity index (χ0v) is 16.9.